The number of carbonyl (C=O) groups excluding carboxylic acids is 4. The second-order valence-electron chi connectivity index (χ2n) is 4.58. The van der Waals surface area contributed by atoms with Gasteiger partial charge in [0.2, 0.25) is 0 Å². The Morgan fingerprint density at radius 1 is 1.05 bits per heavy atom. The van der Waals surface area contributed by atoms with E-state index in [1.165, 1.54) is 6.92 Å². The lowest BCUT2D eigenvalue weighted by Crippen LogP contribution is -2.49. The summed E-state index contributed by atoms with van der Waals surface area (Å²) in [6.07, 6.45) is -0.774. The summed E-state index contributed by atoms with van der Waals surface area (Å²) >= 11 is 0. The number of nitrogens with one attached hydrogen (secondary N) is 3. The zero-order valence-corrected chi connectivity index (χ0v) is 11.9. The molecule has 3 N–H and O–H groups in total. The molecule has 0 aliphatic carbocycles. The summed E-state index contributed by atoms with van der Waals surface area (Å²) in [7, 11) is 0. The molecule has 0 aromatic rings. The summed E-state index contributed by atoms with van der Waals surface area (Å²) in [6.45, 7) is 6.18. The predicted octanol–water partition coefficient (Wildman–Crippen LogP) is -0.778. The molecule has 0 aromatic carbocycles. The first-order valence-corrected chi connectivity index (χ1v) is 5.88. The third-order valence-electron chi connectivity index (χ3n) is 1.57. The summed E-state index contributed by atoms with van der Waals surface area (Å²) in [5.74, 6) is -2.96. The molecular formula is C11H19N3O6. The maximum atomic E-state index is 11.2. The monoisotopic (exact) mass is 289 g/mol. The van der Waals surface area contributed by atoms with Gasteiger partial charge in [-0.3, -0.25) is 20.4 Å². The molecule has 3 amide bonds. The molecule has 0 atom stereocenters. The average Bonchev–Trinajstić information content (AvgIpc) is 2.31. The summed E-state index contributed by atoms with van der Waals surface area (Å²) in [5.41, 5.74) is 3.08. The van der Waals surface area contributed by atoms with Crippen LogP contribution >= 0.6 is 0 Å². The van der Waals surface area contributed by atoms with Gasteiger partial charge in [0, 0.05) is 0 Å². The molecule has 0 radical (unpaired) electrons. The molecule has 0 rings (SSSR count). The van der Waals surface area contributed by atoms with Gasteiger partial charge >= 0.3 is 18.0 Å². The van der Waals surface area contributed by atoms with Gasteiger partial charge in [0.25, 0.3) is 5.91 Å². The van der Waals surface area contributed by atoms with Crippen LogP contribution in [-0.2, 0) is 23.9 Å². The van der Waals surface area contributed by atoms with Gasteiger partial charge in [0.15, 0.2) is 0 Å². The van der Waals surface area contributed by atoms with Crippen molar-refractivity contribution in [1.82, 2.24) is 16.2 Å². The second kappa shape index (κ2) is 7.97. The van der Waals surface area contributed by atoms with Gasteiger partial charge in [-0.2, -0.15) is 0 Å². The lowest BCUT2D eigenvalue weighted by atomic mass is 10.2. The van der Waals surface area contributed by atoms with Crippen LogP contribution in [0.15, 0.2) is 0 Å². The molecule has 0 saturated heterocycles. The number of carbonyl (C=O) groups is 4. The quantitative estimate of drug-likeness (QED) is 0.356. The molecule has 20 heavy (non-hydrogen) atoms. The van der Waals surface area contributed by atoms with Crippen molar-refractivity contribution >= 4 is 23.9 Å². The molecule has 0 heterocycles. The fourth-order valence-electron chi connectivity index (χ4n) is 0.885. The standard InChI is InChI=1S/C11H19N3O6/c1-5-19-9(17)8(16)14-13-7(15)6-12-10(18)20-11(2,3)4/h5-6H2,1-4H3,(H,12,18)(H,13,15)(H,14,16). The van der Waals surface area contributed by atoms with Gasteiger partial charge < -0.3 is 14.8 Å². The largest absolute Gasteiger partial charge is 0.459 e. The Kier molecular flexibility index (Phi) is 7.05. The van der Waals surface area contributed by atoms with E-state index in [4.69, 9.17) is 4.74 Å². The van der Waals surface area contributed by atoms with E-state index in [1.54, 1.807) is 20.8 Å². The van der Waals surface area contributed by atoms with Crippen molar-refractivity contribution in [3.63, 3.8) is 0 Å². The van der Waals surface area contributed by atoms with Crippen LogP contribution in [0.5, 0.6) is 0 Å². The van der Waals surface area contributed by atoms with Crippen molar-refractivity contribution in [1.29, 1.82) is 0 Å². The van der Waals surface area contributed by atoms with Crippen LogP contribution in [0.1, 0.15) is 27.7 Å². The summed E-state index contributed by atoms with van der Waals surface area (Å²) in [5, 5.41) is 2.18. The van der Waals surface area contributed by atoms with Crippen LogP contribution in [-0.4, -0.2) is 42.6 Å². The average molecular weight is 289 g/mol. The smallest absolute Gasteiger partial charge is 0.408 e. The fourth-order valence-corrected chi connectivity index (χ4v) is 0.885. The first-order chi connectivity index (χ1) is 9.15. The van der Waals surface area contributed by atoms with Gasteiger partial charge in [-0.1, -0.05) is 0 Å². The molecule has 0 unspecified atom stereocenters. The molecule has 9 nitrogen and oxygen atoms in total. The minimum atomic E-state index is -1.12. The van der Waals surface area contributed by atoms with Crippen molar-refractivity contribution in [2.45, 2.75) is 33.3 Å². The Morgan fingerprint density at radius 3 is 2.15 bits per heavy atom. The molecule has 9 heteroatoms. The molecule has 0 fully saturated rings. The number of hydrogen-bond donors (Lipinski definition) is 3. The molecule has 114 valence electrons. The van der Waals surface area contributed by atoms with Crippen molar-refractivity contribution in [2.75, 3.05) is 13.2 Å². The van der Waals surface area contributed by atoms with E-state index in [-0.39, 0.29) is 6.61 Å². The van der Waals surface area contributed by atoms with Crippen LogP contribution < -0.4 is 16.2 Å². The second-order valence-corrected chi connectivity index (χ2v) is 4.58. The molecule has 0 aliphatic rings. The lowest BCUT2D eigenvalue weighted by Gasteiger charge is -2.19. The van der Waals surface area contributed by atoms with E-state index in [1.807, 2.05) is 10.9 Å². The van der Waals surface area contributed by atoms with E-state index in [0.29, 0.717) is 0 Å². The van der Waals surface area contributed by atoms with E-state index in [0.717, 1.165) is 0 Å². The van der Waals surface area contributed by atoms with Gasteiger partial charge in [-0.05, 0) is 27.7 Å². The first-order valence-electron chi connectivity index (χ1n) is 5.88. The predicted molar refractivity (Wildman–Crippen MR) is 67.2 cm³/mol. The Labute approximate surface area is 116 Å². The van der Waals surface area contributed by atoms with Crippen molar-refractivity contribution in [2.24, 2.45) is 0 Å². The van der Waals surface area contributed by atoms with E-state index in [9.17, 15) is 19.2 Å². The highest BCUT2D eigenvalue weighted by Gasteiger charge is 2.18. The van der Waals surface area contributed by atoms with Crippen molar-refractivity contribution < 1.29 is 28.7 Å². The van der Waals surface area contributed by atoms with Crippen LogP contribution in [0, 0.1) is 0 Å². The highest BCUT2D eigenvalue weighted by molar-refractivity contribution is 6.32. The Balaban J connectivity index is 3.93. The SMILES string of the molecule is CCOC(=O)C(=O)NNC(=O)CNC(=O)OC(C)(C)C. The summed E-state index contributed by atoms with van der Waals surface area (Å²) in [4.78, 5) is 44.4. The topological polar surface area (TPSA) is 123 Å². The number of esters is 1. The van der Waals surface area contributed by atoms with E-state index >= 15 is 0 Å². The Bertz CT molecular complexity index is 388. The number of alkyl carbamates (subject to hydrolysis) is 1. The highest BCUT2D eigenvalue weighted by atomic mass is 16.6. The Hall–Kier alpha value is -2.32. The van der Waals surface area contributed by atoms with Crippen molar-refractivity contribution in [3.05, 3.63) is 0 Å². The number of rotatable bonds is 3. The zero-order valence-electron chi connectivity index (χ0n) is 11.9. The van der Waals surface area contributed by atoms with Crippen molar-refractivity contribution in [3.8, 4) is 0 Å². The lowest BCUT2D eigenvalue weighted by molar-refractivity contribution is -0.155. The summed E-state index contributed by atoms with van der Waals surface area (Å²) < 4.78 is 9.29. The zero-order chi connectivity index (χ0) is 15.8. The Morgan fingerprint density at radius 2 is 1.65 bits per heavy atom. The van der Waals surface area contributed by atoms with Gasteiger partial charge in [0.05, 0.1) is 6.61 Å². The van der Waals surface area contributed by atoms with E-state index in [2.05, 4.69) is 10.1 Å². The maximum Gasteiger partial charge on any atom is 0.408 e. The minimum absolute atomic E-state index is 0.0421. The number of amides is 3. The minimum Gasteiger partial charge on any atom is -0.459 e. The third-order valence-corrected chi connectivity index (χ3v) is 1.57. The number of hydrogen-bond acceptors (Lipinski definition) is 6. The first kappa shape index (κ1) is 17.7. The normalized spacial score (nSPS) is 10.2. The molecule has 0 spiro atoms. The fraction of sp³-hybridized carbons (Fsp3) is 0.636. The third kappa shape index (κ3) is 8.72. The molecule has 0 bridgehead atoms. The van der Waals surface area contributed by atoms with Crippen LogP contribution in [0.2, 0.25) is 0 Å². The van der Waals surface area contributed by atoms with Gasteiger partial charge in [-0.15, -0.1) is 0 Å². The van der Waals surface area contributed by atoms with Gasteiger partial charge in [0.1, 0.15) is 12.1 Å². The van der Waals surface area contributed by atoms with E-state index < -0.39 is 36.0 Å². The number of hydrazine groups is 1. The molecule has 0 aliphatic heterocycles. The molecule has 0 saturated carbocycles. The van der Waals surface area contributed by atoms with Crippen LogP contribution in [0.4, 0.5) is 4.79 Å². The maximum absolute atomic E-state index is 11.2. The molecular weight excluding hydrogens is 270 g/mol. The van der Waals surface area contributed by atoms with Crippen LogP contribution in [0.3, 0.4) is 0 Å². The van der Waals surface area contributed by atoms with Crippen LogP contribution in [0.25, 0.3) is 0 Å². The summed E-state index contributed by atoms with van der Waals surface area (Å²) in [6, 6.07) is 0. The van der Waals surface area contributed by atoms with Gasteiger partial charge in [-0.25, -0.2) is 9.59 Å². The number of ether oxygens (including phenoxy) is 2. The highest BCUT2D eigenvalue weighted by Crippen LogP contribution is 2.05. The molecule has 0 aromatic heterocycles.